The zero-order valence-electron chi connectivity index (χ0n) is 43.7. The van der Waals surface area contributed by atoms with E-state index in [0.717, 1.165) is 22.6 Å². The predicted octanol–water partition coefficient (Wildman–Crippen LogP) is 10.5. The molecule has 3 aliphatic rings. The van der Waals surface area contributed by atoms with Crippen LogP contribution in [0.3, 0.4) is 0 Å². The molecular weight excluding hydrogens is 984 g/mol. The highest BCUT2D eigenvalue weighted by atomic mass is 35.5. The zero-order valence-corrected chi connectivity index (χ0v) is 44.5. The predicted molar refractivity (Wildman–Crippen MR) is 293 cm³/mol. The van der Waals surface area contributed by atoms with Crippen LogP contribution in [0, 0.1) is 11.6 Å². The number of unbranched alkanes of at least 4 members (excludes halogenated alkanes) is 2. The fourth-order valence-electron chi connectivity index (χ4n) is 9.36. The van der Waals surface area contributed by atoms with Crippen LogP contribution < -0.4 is 19.9 Å². The second-order valence-electron chi connectivity index (χ2n) is 18.0. The number of likely N-dealkylation sites (tertiary alicyclic amines) is 1. The van der Waals surface area contributed by atoms with Crippen molar-refractivity contribution in [2.75, 3.05) is 72.0 Å². The van der Waals surface area contributed by atoms with E-state index in [9.17, 15) is 29.0 Å². The number of benzene rings is 3. The second-order valence-corrected chi connectivity index (χ2v) is 18.4. The zero-order chi connectivity index (χ0) is 53.8. The number of aromatic nitrogens is 4. The van der Waals surface area contributed by atoms with Gasteiger partial charge in [-0.05, 0) is 87.4 Å². The van der Waals surface area contributed by atoms with E-state index in [1.807, 2.05) is 31.7 Å². The number of ether oxygens (including phenoxy) is 3. The third-order valence-electron chi connectivity index (χ3n) is 13.1. The maximum atomic E-state index is 16.2. The van der Waals surface area contributed by atoms with Gasteiger partial charge in [0.25, 0.3) is 11.5 Å². The Morgan fingerprint density at radius 1 is 0.920 bits per heavy atom. The summed E-state index contributed by atoms with van der Waals surface area (Å²) < 4.78 is 49.2. The number of aliphatic hydroxyl groups is 1. The molecule has 3 aromatic carbocycles. The van der Waals surface area contributed by atoms with Crippen molar-refractivity contribution < 1.29 is 42.8 Å². The number of carbonyl (C=O) groups excluding carboxylic acids is 2. The number of aromatic hydroxyl groups is 1. The molecule has 9 rings (SSSR count). The number of aliphatic hydroxyl groups excluding tert-OH is 1. The Labute approximate surface area is 443 Å². The Hall–Kier alpha value is -6.53. The molecule has 0 bridgehead atoms. The molecule has 75 heavy (non-hydrogen) atoms. The van der Waals surface area contributed by atoms with Crippen LogP contribution in [0.25, 0.3) is 44.3 Å². The topological polar surface area (TPSA) is 173 Å². The van der Waals surface area contributed by atoms with E-state index in [2.05, 4.69) is 42.3 Å². The lowest BCUT2D eigenvalue weighted by Crippen LogP contribution is -2.49. The summed E-state index contributed by atoms with van der Waals surface area (Å²) in [6, 6.07) is 11.9. The molecule has 15 nitrogen and oxygen atoms in total. The number of fused-ring (bicyclic) bond motifs is 5. The number of piperazine rings is 1. The Morgan fingerprint density at radius 2 is 1.61 bits per heavy atom. The molecule has 2 N–H and O–H groups in total. The molecule has 1 unspecified atom stereocenters. The van der Waals surface area contributed by atoms with Crippen LogP contribution in [0.5, 0.6) is 17.5 Å². The van der Waals surface area contributed by atoms with E-state index in [-0.39, 0.29) is 95.9 Å². The molecule has 1 amide bonds. The third-order valence-corrected chi connectivity index (χ3v) is 13.4. The Kier molecular flexibility index (Phi) is 21.6. The normalized spacial score (nSPS) is 14.0. The highest BCUT2D eigenvalue weighted by Gasteiger charge is 2.31. The van der Waals surface area contributed by atoms with Crippen LogP contribution in [0.2, 0.25) is 5.02 Å². The molecule has 2 fully saturated rings. The first-order valence-electron chi connectivity index (χ1n) is 25.3. The average Bonchev–Trinajstić information content (AvgIpc) is 4.07. The van der Waals surface area contributed by atoms with E-state index < -0.39 is 29.1 Å². The number of aldehydes is 1. The Bertz CT molecular complexity index is 3030. The molecule has 3 aromatic heterocycles. The Morgan fingerprint density at radius 3 is 2.19 bits per heavy atom. The van der Waals surface area contributed by atoms with Gasteiger partial charge >= 0.3 is 6.01 Å². The van der Waals surface area contributed by atoms with Crippen molar-refractivity contribution >= 4 is 51.4 Å². The summed E-state index contributed by atoms with van der Waals surface area (Å²) in [5.74, 6) is -1.83. The van der Waals surface area contributed by atoms with Gasteiger partial charge in [-0.3, -0.25) is 9.59 Å². The average molecular weight is 1060 g/mol. The summed E-state index contributed by atoms with van der Waals surface area (Å²) in [5.41, 5.74) is 2.86. The molecule has 18 heteroatoms. The SMILES string of the molecule is C.C=C(COc1ccc2nc3c(c(CC)c2c1)Cn1c-3cc(C(O)C=O)c(COC)c1=O)C(=O)N1CCN(c2nc(OC)nc3c(F)c(-c4c(O)cccc4F)c(Cl)cc23)CC1.CC.CCCCC.CN1CCCC1. The van der Waals surface area contributed by atoms with Crippen LogP contribution in [0.4, 0.5) is 14.6 Å². The number of aryl methyl sites for hydroxylation is 1. The Balaban J connectivity index is 0.000000660. The number of phenols is 1. The van der Waals surface area contributed by atoms with Gasteiger partial charge in [0.05, 0.1) is 47.8 Å². The number of methoxy groups -OCH3 is 2. The molecule has 0 spiro atoms. The smallest absolute Gasteiger partial charge is 0.318 e. The standard InChI is InChI=1S/C44H39ClF2N6O8.C5H11N.C5H12.C2H6.CH4/c1-5-24-25-15-23(9-10-32(25)48-39-28(24)18-53-33(39)17-26(35(56)19-54)29(21-59-3)43(53)58)61-20-22(2)42(57)52-13-11-51(12-14-52)41-27-16-30(45)36(37-31(46)7-6-8-34(37)55)38(47)40(27)49-44(50-41)60-4;1-6-4-2-3-5-6;1-3-5-4-2;1-2;/h6-10,15-17,19,35,55-56H,2,5,11-14,18,20-21H2,1,3-4H3;2-5H2,1H3;3-5H2,1-2H3;1-2H3;1H4. The largest absolute Gasteiger partial charge is 0.507 e. The molecule has 2 saturated heterocycles. The lowest BCUT2D eigenvalue weighted by atomic mass is 9.98. The number of anilines is 1. The van der Waals surface area contributed by atoms with Gasteiger partial charge in [0.2, 0.25) is 0 Å². The number of halogens is 3. The summed E-state index contributed by atoms with van der Waals surface area (Å²) >= 11 is 6.53. The van der Waals surface area contributed by atoms with Crippen LogP contribution in [0.15, 0.2) is 65.5 Å². The van der Waals surface area contributed by atoms with E-state index in [0.29, 0.717) is 54.3 Å². The maximum absolute atomic E-state index is 16.2. The lowest BCUT2D eigenvalue weighted by Gasteiger charge is -2.36. The van der Waals surface area contributed by atoms with Gasteiger partial charge < -0.3 is 48.5 Å². The number of amides is 1. The minimum Gasteiger partial charge on any atom is -0.507 e. The quantitative estimate of drug-likeness (QED) is 0.0779. The number of carbonyl (C=O) groups is 2. The van der Waals surface area contributed by atoms with Crippen molar-refractivity contribution in [1.82, 2.24) is 29.3 Å². The molecule has 6 heterocycles. The van der Waals surface area contributed by atoms with Crippen LogP contribution in [-0.4, -0.2) is 119 Å². The minimum absolute atomic E-state index is 0. The van der Waals surface area contributed by atoms with Gasteiger partial charge in [-0.1, -0.05) is 85.6 Å². The third kappa shape index (κ3) is 12.9. The van der Waals surface area contributed by atoms with Gasteiger partial charge in [0, 0.05) is 71.9 Å². The van der Waals surface area contributed by atoms with Gasteiger partial charge in [-0.15, -0.1) is 0 Å². The summed E-state index contributed by atoms with van der Waals surface area (Å²) in [5, 5.41) is 21.7. The molecule has 0 radical (unpaired) electrons. The summed E-state index contributed by atoms with van der Waals surface area (Å²) in [6.07, 6.45) is 6.40. The van der Waals surface area contributed by atoms with E-state index in [1.165, 1.54) is 77.6 Å². The number of phenolic OH excluding ortho intramolecular Hbond substituents is 1. The van der Waals surface area contributed by atoms with Crippen molar-refractivity contribution in [3.8, 4) is 40.0 Å². The van der Waals surface area contributed by atoms with E-state index in [4.69, 9.17) is 30.8 Å². The van der Waals surface area contributed by atoms with E-state index >= 15 is 4.39 Å². The highest BCUT2D eigenvalue weighted by Crippen LogP contribution is 2.43. The summed E-state index contributed by atoms with van der Waals surface area (Å²) in [6.45, 7) is 18.3. The van der Waals surface area contributed by atoms with Crippen LogP contribution in [0.1, 0.15) is 103 Å². The van der Waals surface area contributed by atoms with Crippen molar-refractivity contribution in [3.63, 3.8) is 0 Å². The van der Waals surface area contributed by atoms with Gasteiger partial charge in [-0.25, -0.2) is 13.8 Å². The van der Waals surface area contributed by atoms with Crippen molar-refractivity contribution in [2.45, 2.75) is 99.8 Å². The number of nitrogens with zero attached hydrogens (tertiary/aromatic N) is 7. The van der Waals surface area contributed by atoms with Gasteiger partial charge in [0.15, 0.2) is 12.1 Å². The summed E-state index contributed by atoms with van der Waals surface area (Å²) in [7, 11) is 4.94. The maximum Gasteiger partial charge on any atom is 0.318 e. The van der Waals surface area contributed by atoms with Crippen LogP contribution in [-0.2, 0) is 33.9 Å². The number of pyridine rings is 2. The van der Waals surface area contributed by atoms with E-state index in [1.54, 1.807) is 27.7 Å². The highest BCUT2D eigenvalue weighted by molar-refractivity contribution is 6.34. The number of rotatable bonds is 14. The second kappa shape index (κ2) is 27.3. The molecular formula is C57H72ClF2N7O8. The van der Waals surface area contributed by atoms with Gasteiger partial charge in [-0.2, -0.15) is 9.97 Å². The molecule has 1 atom stereocenters. The first kappa shape index (κ1) is 59.3. The lowest BCUT2D eigenvalue weighted by molar-refractivity contribution is -0.127. The van der Waals surface area contributed by atoms with Crippen molar-refractivity contribution in [3.05, 3.63) is 110 Å². The molecule has 3 aliphatic heterocycles. The number of hydrogen-bond acceptors (Lipinski definition) is 13. The minimum atomic E-state index is -1.49. The van der Waals surface area contributed by atoms with Crippen molar-refractivity contribution in [1.29, 1.82) is 0 Å². The first-order chi connectivity index (χ1) is 35.7. The van der Waals surface area contributed by atoms with Crippen molar-refractivity contribution in [2.24, 2.45) is 0 Å². The number of hydrogen-bond donors (Lipinski definition) is 2. The fraction of sp³-hybridized carbons (Fsp3) is 0.439. The fourth-order valence-corrected chi connectivity index (χ4v) is 9.64. The molecule has 0 saturated carbocycles. The summed E-state index contributed by atoms with van der Waals surface area (Å²) in [4.78, 5) is 58.1. The first-order valence-corrected chi connectivity index (χ1v) is 25.7. The van der Waals surface area contributed by atoms with Crippen LogP contribution >= 0.6 is 11.6 Å². The molecule has 0 aliphatic carbocycles. The monoisotopic (exact) mass is 1060 g/mol. The molecule has 6 aromatic rings. The van der Waals surface area contributed by atoms with Gasteiger partial charge in [0.1, 0.15) is 41.4 Å². The molecule has 404 valence electrons.